The van der Waals surface area contributed by atoms with E-state index in [1.165, 1.54) is 0 Å². The molecule has 0 aliphatic carbocycles. The molecule has 0 aliphatic rings. The van der Waals surface area contributed by atoms with Gasteiger partial charge in [-0.1, -0.05) is 30.5 Å². The molecule has 0 bridgehead atoms. The SMILES string of the molecule is C#CCNC(=O)C(C)Oc1cccc(Cl)c1CC(N)CC. The third kappa shape index (κ3) is 5.30. The fourth-order valence-electron chi connectivity index (χ4n) is 1.78. The summed E-state index contributed by atoms with van der Waals surface area (Å²) in [7, 11) is 0. The van der Waals surface area contributed by atoms with Gasteiger partial charge < -0.3 is 15.8 Å². The van der Waals surface area contributed by atoms with Gasteiger partial charge in [-0.3, -0.25) is 4.79 Å². The highest BCUT2D eigenvalue weighted by Gasteiger charge is 2.18. The summed E-state index contributed by atoms with van der Waals surface area (Å²) in [5.41, 5.74) is 6.81. The summed E-state index contributed by atoms with van der Waals surface area (Å²) < 4.78 is 5.71. The first-order chi connectivity index (χ1) is 9.99. The number of carbonyl (C=O) groups is 1. The standard InChI is InChI=1S/C16H21ClN2O2/c1-4-9-19-16(20)11(3)21-15-8-6-7-14(17)13(15)10-12(18)5-2/h1,6-8,11-12H,5,9-10,18H2,2-3H3,(H,19,20). The fraction of sp³-hybridized carbons (Fsp3) is 0.438. The molecule has 1 aromatic carbocycles. The van der Waals surface area contributed by atoms with Gasteiger partial charge in [-0.05, 0) is 31.9 Å². The van der Waals surface area contributed by atoms with Crippen molar-refractivity contribution >= 4 is 17.5 Å². The van der Waals surface area contributed by atoms with Crippen LogP contribution in [0.2, 0.25) is 5.02 Å². The first-order valence-corrected chi connectivity index (χ1v) is 7.28. The maximum atomic E-state index is 11.8. The van der Waals surface area contributed by atoms with Crippen molar-refractivity contribution in [1.29, 1.82) is 0 Å². The summed E-state index contributed by atoms with van der Waals surface area (Å²) >= 11 is 6.21. The number of benzene rings is 1. The first kappa shape index (κ1) is 17.4. The minimum Gasteiger partial charge on any atom is -0.481 e. The van der Waals surface area contributed by atoms with E-state index in [1.807, 2.05) is 6.92 Å². The average molecular weight is 309 g/mol. The normalized spacial score (nSPS) is 13.1. The van der Waals surface area contributed by atoms with Crippen LogP contribution in [0.25, 0.3) is 0 Å². The first-order valence-electron chi connectivity index (χ1n) is 6.90. The van der Waals surface area contributed by atoms with Gasteiger partial charge >= 0.3 is 0 Å². The maximum Gasteiger partial charge on any atom is 0.261 e. The van der Waals surface area contributed by atoms with Crippen LogP contribution in [-0.4, -0.2) is 24.6 Å². The molecule has 0 saturated heterocycles. The van der Waals surface area contributed by atoms with Crippen LogP contribution in [-0.2, 0) is 11.2 Å². The zero-order valence-corrected chi connectivity index (χ0v) is 13.1. The summed E-state index contributed by atoms with van der Waals surface area (Å²) in [4.78, 5) is 11.8. The van der Waals surface area contributed by atoms with Crippen LogP contribution in [0.15, 0.2) is 18.2 Å². The lowest BCUT2D eigenvalue weighted by Gasteiger charge is -2.19. The van der Waals surface area contributed by atoms with Crippen LogP contribution in [0.5, 0.6) is 5.75 Å². The number of halogens is 1. The quantitative estimate of drug-likeness (QED) is 0.759. The van der Waals surface area contributed by atoms with Crippen molar-refractivity contribution in [2.75, 3.05) is 6.54 Å². The summed E-state index contributed by atoms with van der Waals surface area (Å²) in [5.74, 6) is 2.66. The van der Waals surface area contributed by atoms with E-state index in [1.54, 1.807) is 25.1 Å². The fourth-order valence-corrected chi connectivity index (χ4v) is 2.02. The predicted molar refractivity (Wildman–Crippen MR) is 85.4 cm³/mol. The summed E-state index contributed by atoms with van der Waals surface area (Å²) in [6, 6.07) is 5.35. The van der Waals surface area contributed by atoms with Crippen molar-refractivity contribution < 1.29 is 9.53 Å². The van der Waals surface area contributed by atoms with Crippen LogP contribution in [0.4, 0.5) is 0 Å². The second-order valence-corrected chi connectivity index (χ2v) is 5.18. The van der Waals surface area contributed by atoms with Crippen molar-refractivity contribution in [3.63, 3.8) is 0 Å². The molecule has 0 aromatic heterocycles. The molecule has 0 saturated carbocycles. The lowest BCUT2D eigenvalue weighted by molar-refractivity contribution is -0.127. The van der Waals surface area contributed by atoms with E-state index in [-0.39, 0.29) is 18.5 Å². The second kappa shape index (κ2) is 8.56. The molecule has 5 heteroatoms. The number of rotatable bonds is 7. The number of nitrogens with one attached hydrogen (secondary N) is 1. The Labute approximate surface area is 131 Å². The zero-order valence-electron chi connectivity index (χ0n) is 12.4. The molecule has 114 valence electrons. The molecule has 1 aromatic rings. The summed E-state index contributed by atoms with van der Waals surface area (Å²) in [6.07, 6.45) is 5.89. The van der Waals surface area contributed by atoms with Gasteiger partial charge in [0.25, 0.3) is 5.91 Å². The minimum absolute atomic E-state index is 0.00202. The Morgan fingerprint density at radius 1 is 1.57 bits per heavy atom. The van der Waals surface area contributed by atoms with E-state index in [9.17, 15) is 4.79 Å². The third-order valence-corrected chi connectivity index (χ3v) is 3.46. The molecule has 4 nitrogen and oxygen atoms in total. The Bertz CT molecular complexity index is 525. The van der Waals surface area contributed by atoms with Gasteiger partial charge in [0, 0.05) is 16.6 Å². The van der Waals surface area contributed by atoms with Crippen molar-refractivity contribution in [2.45, 2.75) is 38.8 Å². The molecule has 1 rings (SSSR count). The van der Waals surface area contributed by atoms with Gasteiger partial charge in [0.1, 0.15) is 5.75 Å². The van der Waals surface area contributed by atoms with Crippen molar-refractivity contribution in [3.05, 3.63) is 28.8 Å². The number of ether oxygens (including phenoxy) is 1. The molecule has 2 atom stereocenters. The molecule has 0 aliphatic heterocycles. The summed E-state index contributed by atoms with van der Waals surface area (Å²) in [5, 5.41) is 3.17. The van der Waals surface area contributed by atoms with E-state index in [0.29, 0.717) is 17.2 Å². The maximum absolute atomic E-state index is 11.8. The van der Waals surface area contributed by atoms with Gasteiger partial charge in [-0.15, -0.1) is 6.42 Å². The topological polar surface area (TPSA) is 64.3 Å². The Balaban J connectivity index is 2.85. The number of carbonyl (C=O) groups excluding carboxylic acids is 1. The number of amides is 1. The molecule has 0 radical (unpaired) electrons. The van der Waals surface area contributed by atoms with E-state index >= 15 is 0 Å². The van der Waals surface area contributed by atoms with E-state index in [0.717, 1.165) is 12.0 Å². The van der Waals surface area contributed by atoms with Crippen molar-refractivity contribution in [1.82, 2.24) is 5.32 Å². The number of terminal acetylenes is 1. The largest absolute Gasteiger partial charge is 0.481 e. The van der Waals surface area contributed by atoms with Crippen molar-refractivity contribution in [2.24, 2.45) is 5.73 Å². The average Bonchev–Trinajstić information content (AvgIpc) is 2.47. The highest BCUT2D eigenvalue weighted by molar-refractivity contribution is 6.31. The van der Waals surface area contributed by atoms with E-state index < -0.39 is 6.10 Å². The lowest BCUT2D eigenvalue weighted by Crippen LogP contribution is -2.36. The van der Waals surface area contributed by atoms with Gasteiger partial charge in [0.2, 0.25) is 0 Å². The molecule has 2 unspecified atom stereocenters. The molecule has 0 fully saturated rings. The van der Waals surface area contributed by atoms with Gasteiger partial charge in [-0.2, -0.15) is 0 Å². The zero-order chi connectivity index (χ0) is 15.8. The molecular weight excluding hydrogens is 288 g/mol. The Morgan fingerprint density at radius 3 is 2.90 bits per heavy atom. The van der Waals surface area contributed by atoms with Crippen LogP contribution in [0.1, 0.15) is 25.8 Å². The third-order valence-electron chi connectivity index (χ3n) is 3.10. The van der Waals surface area contributed by atoms with E-state index in [4.69, 9.17) is 28.5 Å². The Hall–Kier alpha value is -1.70. The molecule has 0 spiro atoms. The monoisotopic (exact) mass is 308 g/mol. The van der Waals surface area contributed by atoms with Gasteiger partial charge in [0.05, 0.1) is 6.54 Å². The number of nitrogens with two attached hydrogens (primary N) is 1. The molecule has 0 heterocycles. The lowest BCUT2D eigenvalue weighted by atomic mass is 10.0. The molecule has 1 amide bonds. The number of hydrogen-bond donors (Lipinski definition) is 2. The predicted octanol–water partition coefficient (Wildman–Crippen LogP) is 2.14. The smallest absolute Gasteiger partial charge is 0.261 e. The highest BCUT2D eigenvalue weighted by Crippen LogP contribution is 2.28. The van der Waals surface area contributed by atoms with Gasteiger partial charge in [-0.25, -0.2) is 0 Å². The van der Waals surface area contributed by atoms with Crippen LogP contribution >= 0.6 is 11.6 Å². The minimum atomic E-state index is -0.659. The van der Waals surface area contributed by atoms with Crippen molar-refractivity contribution in [3.8, 4) is 18.1 Å². The van der Waals surface area contributed by atoms with Crippen LogP contribution in [0.3, 0.4) is 0 Å². The molecular formula is C16H21ClN2O2. The Morgan fingerprint density at radius 2 is 2.29 bits per heavy atom. The number of hydrogen-bond acceptors (Lipinski definition) is 3. The molecule has 3 N–H and O–H groups in total. The van der Waals surface area contributed by atoms with Gasteiger partial charge in [0.15, 0.2) is 6.10 Å². The molecule has 21 heavy (non-hydrogen) atoms. The van der Waals surface area contributed by atoms with Crippen LogP contribution in [0, 0.1) is 12.3 Å². The highest BCUT2D eigenvalue weighted by atomic mass is 35.5. The second-order valence-electron chi connectivity index (χ2n) is 4.77. The summed E-state index contributed by atoms with van der Waals surface area (Å²) in [6.45, 7) is 3.85. The van der Waals surface area contributed by atoms with Crippen LogP contribution < -0.4 is 15.8 Å². The Kier molecular flexibility index (Phi) is 7.07. The van der Waals surface area contributed by atoms with E-state index in [2.05, 4.69) is 11.2 Å².